The number of halogens is 1. The van der Waals surface area contributed by atoms with Gasteiger partial charge in [-0.3, -0.25) is 9.69 Å². The highest BCUT2D eigenvalue weighted by Gasteiger charge is 2.26. The van der Waals surface area contributed by atoms with Crippen LogP contribution in [0.3, 0.4) is 0 Å². The standard InChI is InChI=1S/C13H18ClN3O3S/c1-9(12(18)19)16-4-6-17(7-5-16)13(20)15-8-10-2-3-11(14)21-10/h2-3,9H,4-8H2,1H3,(H,15,20)(H,18,19). The highest BCUT2D eigenvalue weighted by atomic mass is 35.5. The summed E-state index contributed by atoms with van der Waals surface area (Å²) in [7, 11) is 0. The molecule has 0 spiro atoms. The lowest BCUT2D eigenvalue weighted by Crippen LogP contribution is -2.54. The second-order valence-electron chi connectivity index (χ2n) is 4.90. The molecule has 116 valence electrons. The molecular weight excluding hydrogens is 314 g/mol. The molecule has 1 fully saturated rings. The number of amides is 2. The molecule has 2 rings (SSSR count). The van der Waals surface area contributed by atoms with Gasteiger partial charge in [0.1, 0.15) is 6.04 Å². The van der Waals surface area contributed by atoms with E-state index in [1.54, 1.807) is 17.9 Å². The van der Waals surface area contributed by atoms with E-state index in [2.05, 4.69) is 5.32 Å². The fourth-order valence-corrected chi connectivity index (χ4v) is 3.22. The number of carbonyl (C=O) groups is 2. The Balaban J connectivity index is 1.76. The first-order valence-corrected chi connectivity index (χ1v) is 7.90. The number of nitrogens with one attached hydrogen (secondary N) is 1. The van der Waals surface area contributed by atoms with Gasteiger partial charge in [0, 0.05) is 31.1 Å². The lowest BCUT2D eigenvalue weighted by atomic mass is 10.2. The minimum absolute atomic E-state index is 0.123. The summed E-state index contributed by atoms with van der Waals surface area (Å²) in [5.41, 5.74) is 0. The van der Waals surface area contributed by atoms with Crippen LogP contribution in [0.1, 0.15) is 11.8 Å². The maximum Gasteiger partial charge on any atom is 0.320 e. The fraction of sp³-hybridized carbons (Fsp3) is 0.538. The second-order valence-corrected chi connectivity index (χ2v) is 6.70. The van der Waals surface area contributed by atoms with Crippen LogP contribution in [-0.2, 0) is 11.3 Å². The van der Waals surface area contributed by atoms with E-state index in [0.717, 1.165) is 4.88 Å². The molecule has 0 bridgehead atoms. The smallest absolute Gasteiger partial charge is 0.320 e. The van der Waals surface area contributed by atoms with Crippen molar-refractivity contribution in [3.05, 3.63) is 21.3 Å². The molecule has 0 radical (unpaired) electrons. The summed E-state index contributed by atoms with van der Waals surface area (Å²) in [6, 6.07) is 3.06. The first kappa shape index (κ1) is 16.1. The summed E-state index contributed by atoms with van der Waals surface area (Å²) in [4.78, 5) is 27.6. The van der Waals surface area contributed by atoms with Gasteiger partial charge in [0.25, 0.3) is 0 Å². The minimum Gasteiger partial charge on any atom is -0.480 e. The zero-order valence-corrected chi connectivity index (χ0v) is 13.3. The van der Waals surface area contributed by atoms with Crippen LogP contribution >= 0.6 is 22.9 Å². The highest BCUT2D eigenvalue weighted by molar-refractivity contribution is 7.16. The molecule has 0 aliphatic carbocycles. The van der Waals surface area contributed by atoms with Crippen molar-refractivity contribution in [3.8, 4) is 0 Å². The highest BCUT2D eigenvalue weighted by Crippen LogP contribution is 2.21. The molecule has 1 aromatic heterocycles. The average molecular weight is 332 g/mol. The number of rotatable bonds is 4. The van der Waals surface area contributed by atoms with Gasteiger partial charge in [-0.05, 0) is 19.1 Å². The molecule has 1 unspecified atom stereocenters. The van der Waals surface area contributed by atoms with Gasteiger partial charge < -0.3 is 15.3 Å². The van der Waals surface area contributed by atoms with Crippen LogP contribution in [0.25, 0.3) is 0 Å². The zero-order chi connectivity index (χ0) is 15.4. The molecule has 2 heterocycles. The Morgan fingerprint density at radius 2 is 2.05 bits per heavy atom. The molecule has 21 heavy (non-hydrogen) atoms. The van der Waals surface area contributed by atoms with Crippen LogP contribution < -0.4 is 5.32 Å². The van der Waals surface area contributed by atoms with Crippen molar-refractivity contribution in [2.45, 2.75) is 19.5 Å². The average Bonchev–Trinajstić information content (AvgIpc) is 2.89. The van der Waals surface area contributed by atoms with Crippen LogP contribution in [0.15, 0.2) is 12.1 Å². The lowest BCUT2D eigenvalue weighted by Gasteiger charge is -2.36. The molecule has 2 N–H and O–H groups in total. The molecule has 1 saturated heterocycles. The Bertz CT molecular complexity index is 515. The summed E-state index contributed by atoms with van der Waals surface area (Å²) >= 11 is 7.28. The Kier molecular flexibility index (Phi) is 5.44. The van der Waals surface area contributed by atoms with Gasteiger partial charge in [-0.2, -0.15) is 0 Å². The van der Waals surface area contributed by atoms with Crippen molar-refractivity contribution >= 4 is 34.9 Å². The maximum absolute atomic E-state index is 12.0. The van der Waals surface area contributed by atoms with Crippen molar-refractivity contribution in [2.24, 2.45) is 0 Å². The number of nitrogens with zero attached hydrogens (tertiary/aromatic N) is 2. The molecule has 1 atom stereocenters. The van der Waals surface area contributed by atoms with Crippen LogP contribution in [0.4, 0.5) is 4.79 Å². The van der Waals surface area contributed by atoms with E-state index < -0.39 is 12.0 Å². The van der Waals surface area contributed by atoms with E-state index in [1.165, 1.54) is 11.3 Å². The lowest BCUT2D eigenvalue weighted by molar-refractivity contribution is -0.143. The van der Waals surface area contributed by atoms with Gasteiger partial charge in [0.15, 0.2) is 0 Å². The van der Waals surface area contributed by atoms with Crippen molar-refractivity contribution < 1.29 is 14.7 Å². The van der Waals surface area contributed by atoms with Crippen molar-refractivity contribution in [1.82, 2.24) is 15.1 Å². The van der Waals surface area contributed by atoms with Crippen LogP contribution in [0.5, 0.6) is 0 Å². The van der Waals surface area contributed by atoms with E-state index >= 15 is 0 Å². The number of urea groups is 1. The number of hydrogen-bond donors (Lipinski definition) is 2. The summed E-state index contributed by atoms with van der Waals surface area (Å²) in [5, 5.41) is 11.8. The maximum atomic E-state index is 12.0. The molecule has 0 saturated carbocycles. The van der Waals surface area contributed by atoms with Crippen LogP contribution in [0.2, 0.25) is 4.34 Å². The number of carboxylic acid groups (broad SMARTS) is 1. The zero-order valence-electron chi connectivity index (χ0n) is 11.7. The van der Waals surface area contributed by atoms with Crippen LogP contribution in [-0.4, -0.2) is 59.1 Å². The largest absolute Gasteiger partial charge is 0.480 e. The Labute approximate surface area is 132 Å². The third-order valence-electron chi connectivity index (χ3n) is 3.55. The second kappa shape index (κ2) is 7.11. The number of piperazine rings is 1. The molecular formula is C13H18ClN3O3S. The van der Waals surface area contributed by atoms with Gasteiger partial charge in [-0.15, -0.1) is 11.3 Å². The Morgan fingerprint density at radius 3 is 2.57 bits per heavy atom. The molecule has 2 amide bonds. The summed E-state index contributed by atoms with van der Waals surface area (Å²) in [6.45, 7) is 4.35. The van der Waals surface area contributed by atoms with Crippen molar-refractivity contribution in [3.63, 3.8) is 0 Å². The predicted molar refractivity (Wildman–Crippen MR) is 81.8 cm³/mol. The number of aliphatic carboxylic acids is 1. The third kappa shape index (κ3) is 4.33. The van der Waals surface area contributed by atoms with Gasteiger partial charge in [-0.25, -0.2) is 4.79 Å². The fourth-order valence-electron chi connectivity index (χ4n) is 2.19. The SMILES string of the molecule is CC(C(=O)O)N1CCN(C(=O)NCc2ccc(Cl)s2)CC1. The molecule has 1 aromatic rings. The third-order valence-corrected chi connectivity index (χ3v) is 4.78. The van der Waals surface area contributed by atoms with E-state index in [1.807, 2.05) is 11.0 Å². The van der Waals surface area contributed by atoms with Gasteiger partial charge in [0.2, 0.25) is 0 Å². The quantitative estimate of drug-likeness (QED) is 0.881. The molecule has 0 aromatic carbocycles. The summed E-state index contributed by atoms with van der Waals surface area (Å²) in [5.74, 6) is -0.831. The van der Waals surface area contributed by atoms with E-state index in [-0.39, 0.29) is 6.03 Å². The Morgan fingerprint density at radius 1 is 1.38 bits per heavy atom. The normalized spacial score (nSPS) is 17.5. The van der Waals surface area contributed by atoms with Crippen LogP contribution in [0, 0.1) is 0 Å². The monoisotopic (exact) mass is 331 g/mol. The van der Waals surface area contributed by atoms with E-state index in [4.69, 9.17) is 16.7 Å². The number of carboxylic acids is 1. The molecule has 6 nitrogen and oxygen atoms in total. The van der Waals surface area contributed by atoms with Gasteiger partial charge in [0.05, 0.1) is 10.9 Å². The van der Waals surface area contributed by atoms with Crippen molar-refractivity contribution in [2.75, 3.05) is 26.2 Å². The molecule has 1 aliphatic heterocycles. The summed E-state index contributed by atoms with van der Waals surface area (Å²) < 4.78 is 0.704. The van der Waals surface area contributed by atoms with Gasteiger partial charge in [-0.1, -0.05) is 11.6 Å². The number of carbonyl (C=O) groups excluding carboxylic acids is 1. The number of hydrogen-bond acceptors (Lipinski definition) is 4. The molecule has 8 heteroatoms. The van der Waals surface area contributed by atoms with E-state index in [9.17, 15) is 9.59 Å². The molecule has 1 aliphatic rings. The number of thiophene rings is 1. The van der Waals surface area contributed by atoms with E-state index in [0.29, 0.717) is 37.1 Å². The Hall–Kier alpha value is -1.31. The minimum atomic E-state index is -0.831. The topological polar surface area (TPSA) is 72.9 Å². The van der Waals surface area contributed by atoms with Gasteiger partial charge >= 0.3 is 12.0 Å². The first-order valence-electron chi connectivity index (χ1n) is 6.71. The predicted octanol–water partition coefficient (Wildman–Crippen LogP) is 1.70. The first-order chi connectivity index (χ1) is 9.97. The summed E-state index contributed by atoms with van der Waals surface area (Å²) in [6.07, 6.45) is 0. The van der Waals surface area contributed by atoms with Crippen molar-refractivity contribution in [1.29, 1.82) is 0 Å².